The number of carbonyl (C=O) groups is 2. The Morgan fingerprint density at radius 3 is 2.38 bits per heavy atom. The third kappa shape index (κ3) is 5.04. The summed E-state index contributed by atoms with van der Waals surface area (Å²) in [4.78, 5) is 28.7. The van der Waals surface area contributed by atoms with Crippen LogP contribution >= 0.6 is 0 Å². The van der Waals surface area contributed by atoms with Gasteiger partial charge in [0.25, 0.3) is 5.91 Å². The van der Waals surface area contributed by atoms with Gasteiger partial charge in [-0.15, -0.1) is 0 Å². The van der Waals surface area contributed by atoms with Crippen LogP contribution in [0, 0.1) is 0 Å². The first-order chi connectivity index (χ1) is 14.2. The van der Waals surface area contributed by atoms with E-state index in [1.807, 2.05) is 12.1 Å². The highest BCUT2D eigenvalue weighted by molar-refractivity contribution is 5.97. The number of hydrogen-bond donors (Lipinski definition) is 1. The molecule has 2 heterocycles. The fourth-order valence-corrected chi connectivity index (χ4v) is 4.21. The zero-order chi connectivity index (χ0) is 20.1. The van der Waals surface area contributed by atoms with E-state index in [1.165, 1.54) is 37.9 Å². The quantitative estimate of drug-likeness (QED) is 0.816. The van der Waals surface area contributed by atoms with E-state index in [9.17, 15) is 9.59 Å². The number of anilines is 1. The van der Waals surface area contributed by atoms with Crippen LogP contribution in [-0.2, 0) is 17.9 Å². The lowest BCUT2D eigenvalue weighted by Crippen LogP contribution is -2.29. The lowest BCUT2D eigenvalue weighted by Gasteiger charge is -2.26. The Bertz CT molecular complexity index is 857. The molecule has 2 saturated heterocycles. The molecule has 0 bridgehead atoms. The van der Waals surface area contributed by atoms with E-state index in [-0.39, 0.29) is 11.8 Å². The van der Waals surface area contributed by atoms with Crippen molar-refractivity contribution in [1.29, 1.82) is 0 Å². The van der Waals surface area contributed by atoms with Crippen LogP contribution in [-0.4, -0.2) is 36.3 Å². The van der Waals surface area contributed by atoms with Crippen LogP contribution in [0.25, 0.3) is 0 Å². The van der Waals surface area contributed by atoms with Crippen LogP contribution in [0.1, 0.15) is 53.6 Å². The molecule has 0 unspecified atom stereocenters. The fraction of sp³-hybridized carbons (Fsp3) is 0.417. The summed E-state index contributed by atoms with van der Waals surface area (Å²) in [5, 5.41) is 3.01. The maximum absolute atomic E-state index is 12.5. The van der Waals surface area contributed by atoms with Gasteiger partial charge in [-0.3, -0.25) is 14.5 Å². The van der Waals surface area contributed by atoms with Gasteiger partial charge in [0.05, 0.1) is 0 Å². The molecule has 4 rings (SSSR count). The van der Waals surface area contributed by atoms with Crippen molar-refractivity contribution in [3.63, 3.8) is 0 Å². The van der Waals surface area contributed by atoms with Crippen molar-refractivity contribution in [1.82, 2.24) is 10.2 Å². The van der Waals surface area contributed by atoms with Crippen LogP contribution in [0.4, 0.5) is 5.69 Å². The van der Waals surface area contributed by atoms with Crippen LogP contribution in [0.5, 0.6) is 0 Å². The van der Waals surface area contributed by atoms with Gasteiger partial charge in [0, 0.05) is 37.3 Å². The van der Waals surface area contributed by atoms with Gasteiger partial charge in [0.15, 0.2) is 0 Å². The second-order valence-electron chi connectivity index (χ2n) is 8.04. The third-order valence-corrected chi connectivity index (χ3v) is 5.81. The first-order valence-electron chi connectivity index (χ1n) is 10.7. The lowest BCUT2D eigenvalue weighted by atomic mass is 10.1. The molecule has 2 amide bonds. The Morgan fingerprint density at radius 2 is 1.66 bits per heavy atom. The van der Waals surface area contributed by atoms with Gasteiger partial charge in [0.1, 0.15) is 0 Å². The average molecular weight is 392 g/mol. The molecule has 5 heteroatoms. The number of rotatable bonds is 6. The monoisotopic (exact) mass is 391 g/mol. The second-order valence-corrected chi connectivity index (χ2v) is 8.04. The molecule has 29 heavy (non-hydrogen) atoms. The molecule has 0 radical (unpaired) electrons. The summed E-state index contributed by atoms with van der Waals surface area (Å²) in [6.45, 7) is 4.62. The normalized spacial score (nSPS) is 17.5. The Balaban J connectivity index is 1.32. The Labute approximate surface area is 172 Å². The number of piperidine rings is 1. The summed E-state index contributed by atoms with van der Waals surface area (Å²) in [5.41, 5.74) is 3.91. The number of amides is 2. The Morgan fingerprint density at radius 1 is 0.897 bits per heavy atom. The Kier molecular flexibility index (Phi) is 6.25. The lowest BCUT2D eigenvalue weighted by molar-refractivity contribution is -0.117. The minimum Gasteiger partial charge on any atom is -0.348 e. The third-order valence-electron chi connectivity index (χ3n) is 5.81. The van der Waals surface area contributed by atoms with Crippen molar-refractivity contribution < 1.29 is 9.59 Å². The van der Waals surface area contributed by atoms with Gasteiger partial charge in [0.2, 0.25) is 5.91 Å². The van der Waals surface area contributed by atoms with E-state index in [0.717, 1.165) is 30.8 Å². The van der Waals surface area contributed by atoms with Crippen molar-refractivity contribution in [2.75, 3.05) is 24.5 Å². The summed E-state index contributed by atoms with van der Waals surface area (Å²) >= 11 is 0. The minimum atomic E-state index is -0.0919. The fourth-order valence-electron chi connectivity index (χ4n) is 4.21. The summed E-state index contributed by atoms with van der Waals surface area (Å²) in [6.07, 6.45) is 5.44. The molecule has 2 aliphatic rings. The SMILES string of the molecule is O=C(NCc1cccc(CN2CCCCC2)c1)c1ccc(N2CCCC2=O)cc1. The van der Waals surface area contributed by atoms with Gasteiger partial charge in [-0.1, -0.05) is 30.7 Å². The molecular formula is C24H29N3O2. The molecule has 0 aromatic heterocycles. The number of nitrogens with zero attached hydrogens (tertiary/aromatic N) is 2. The smallest absolute Gasteiger partial charge is 0.251 e. The maximum atomic E-state index is 12.5. The van der Waals surface area contributed by atoms with Crippen LogP contribution in [0.15, 0.2) is 48.5 Å². The van der Waals surface area contributed by atoms with E-state index in [0.29, 0.717) is 18.5 Å². The number of likely N-dealkylation sites (tertiary alicyclic amines) is 1. The van der Waals surface area contributed by atoms with Crippen LogP contribution < -0.4 is 10.2 Å². The number of hydrogen-bond acceptors (Lipinski definition) is 3. The highest BCUT2D eigenvalue weighted by atomic mass is 16.2. The van der Waals surface area contributed by atoms with Gasteiger partial charge < -0.3 is 10.2 Å². The van der Waals surface area contributed by atoms with Gasteiger partial charge >= 0.3 is 0 Å². The van der Waals surface area contributed by atoms with Crippen molar-refractivity contribution in [2.24, 2.45) is 0 Å². The first-order valence-corrected chi connectivity index (χ1v) is 10.7. The van der Waals surface area contributed by atoms with Crippen LogP contribution in [0.2, 0.25) is 0 Å². The predicted octanol–water partition coefficient (Wildman–Crippen LogP) is 3.73. The number of benzene rings is 2. The predicted molar refractivity (Wildman–Crippen MR) is 115 cm³/mol. The standard InChI is InChI=1S/C24H29N3O2/c28-23-8-5-15-27(23)22-11-9-21(10-12-22)24(29)25-17-19-6-4-7-20(16-19)18-26-13-2-1-3-14-26/h4,6-7,9-12,16H,1-3,5,8,13-15,17-18H2,(H,25,29). The van der Waals surface area contributed by atoms with Crippen molar-refractivity contribution in [2.45, 2.75) is 45.2 Å². The molecule has 0 aliphatic carbocycles. The molecule has 152 valence electrons. The van der Waals surface area contributed by atoms with E-state index >= 15 is 0 Å². The van der Waals surface area contributed by atoms with E-state index < -0.39 is 0 Å². The second kappa shape index (κ2) is 9.23. The molecule has 2 aliphatic heterocycles. The van der Waals surface area contributed by atoms with Crippen molar-refractivity contribution >= 4 is 17.5 Å². The maximum Gasteiger partial charge on any atom is 0.251 e. The zero-order valence-electron chi connectivity index (χ0n) is 16.9. The van der Waals surface area contributed by atoms with Gasteiger partial charge in [-0.05, 0) is 67.7 Å². The largest absolute Gasteiger partial charge is 0.348 e. The molecule has 0 atom stereocenters. The molecule has 2 aromatic carbocycles. The van der Waals surface area contributed by atoms with Crippen molar-refractivity contribution in [3.8, 4) is 0 Å². The van der Waals surface area contributed by atoms with Crippen molar-refractivity contribution in [3.05, 3.63) is 65.2 Å². The minimum absolute atomic E-state index is 0.0919. The highest BCUT2D eigenvalue weighted by Crippen LogP contribution is 2.21. The zero-order valence-corrected chi connectivity index (χ0v) is 16.9. The average Bonchev–Trinajstić information content (AvgIpc) is 3.19. The first kappa shape index (κ1) is 19.6. The van der Waals surface area contributed by atoms with Gasteiger partial charge in [-0.2, -0.15) is 0 Å². The number of nitrogens with one attached hydrogen (secondary N) is 1. The van der Waals surface area contributed by atoms with Gasteiger partial charge in [-0.25, -0.2) is 0 Å². The highest BCUT2D eigenvalue weighted by Gasteiger charge is 2.21. The molecule has 0 saturated carbocycles. The summed E-state index contributed by atoms with van der Waals surface area (Å²) in [6, 6.07) is 15.8. The molecule has 1 N–H and O–H groups in total. The molecule has 2 fully saturated rings. The number of carbonyl (C=O) groups excluding carboxylic acids is 2. The van der Waals surface area contributed by atoms with E-state index in [1.54, 1.807) is 17.0 Å². The summed E-state index contributed by atoms with van der Waals surface area (Å²) in [7, 11) is 0. The molecule has 5 nitrogen and oxygen atoms in total. The molecule has 0 spiro atoms. The Hall–Kier alpha value is -2.66. The van der Waals surface area contributed by atoms with Crippen LogP contribution in [0.3, 0.4) is 0 Å². The van der Waals surface area contributed by atoms with E-state index in [2.05, 4.69) is 34.5 Å². The topological polar surface area (TPSA) is 52.7 Å². The molecule has 2 aromatic rings. The molecular weight excluding hydrogens is 362 g/mol. The summed E-state index contributed by atoms with van der Waals surface area (Å²) in [5.74, 6) is 0.0670. The summed E-state index contributed by atoms with van der Waals surface area (Å²) < 4.78 is 0. The van der Waals surface area contributed by atoms with E-state index in [4.69, 9.17) is 0 Å².